The first-order valence-corrected chi connectivity index (χ1v) is 4.65. The van der Waals surface area contributed by atoms with Crippen LogP contribution in [0, 0.1) is 0 Å². The van der Waals surface area contributed by atoms with E-state index in [1.54, 1.807) is 20.8 Å². The third-order valence-corrected chi connectivity index (χ3v) is 1.95. The van der Waals surface area contributed by atoms with Gasteiger partial charge in [-0.05, 0) is 20.8 Å². The summed E-state index contributed by atoms with van der Waals surface area (Å²) in [5.74, 6) is -5.12. The first-order valence-electron chi connectivity index (χ1n) is 4.65. The maximum Gasteiger partial charge on any atom is 0.411 e. The van der Waals surface area contributed by atoms with Crippen molar-refractivity contribution in [2.75, 3.05) is 6.54 Å². The van der Waals surface area contributed by atoms with Gasteiger partial charge in [0.15, 0.2) is 6.04 Å². The molecule has 1 aliphatic heterocycles. The number of carbonyl (C=O) groups excluding carboxylic acids is 1. The van der Waals surface area contributed by atoms with Crippen LogP contribution in [0.3, 0.4) is 0 Å². The van der Waals surface area contributed by atoms with E-state index in [1.807, 2.05) is 0 Å². The molecule has 1 heterocycles. The summed E-state index contributed by atoms with van der Waals surface area (Å²) in [5, 5.41) is 8.56. The summed E-state index contributed by atoms with van der Waals surface area (Å²) >= 11 is 0. The highest BCUT2D eigenvalue weighted by Gasteiger charge is 2.62. The number of carbonyl (C=O) groups is 2. The lowest BCUT2D eigenvalue weighted by Gasteiger charge is -2.44. The number of amides is 1. The Morgan fingerprint density at radius 1 is 1.44 bits per heavy atom. The zero-order valence-electron chi connectivity index (χ0n) is 9.16. The largest absolute Gasteiger partial charge is 0.480 e. The van der Waals surface area contributed by atoms with Gasteiger partial charge in [-0.15, -0.1) is 0 Å². The van der Waals surface area contributed by atoms with Crippen molar-refractivity contribution in [2.45, 2.75) is 38.3 Å². The minimum atomic E-state index is -3.39. The molecule has 1 amide bonds. The second kappa shape index (κ2) is 3.57. The number of alkyl halides is 2. The number of carboxylic acid groups (broad SMARTS) is 1. The van der Waals surface area contributed by atoms with Gasteiger partial charge in [-0.25, -0.2) is 18.4 Å². The van der Waals surface area contributed by atoms with Crippen LogP contribution in [0.2, 0.25) is 0 Å². The summed E-state index contributed by atoms with van der Waals surface area (Å²) in [6.07, 6.45) is -1.04. The van der Waals surface area contributed by atoms with Crippen molar-refractivity contribution in [3.8, 4) is 0 Å². The van der Waals surface area contributed by atoms with E-state index in [2.05, 4.69) is 0 Å². The van der Waals surface area contributed by atoms with Gasteiger partial charge in [-0.3, -0.25) is 4.90 Å². The molecule has 1 fully saturated rings. The molecule has 1 N–H and O–H groups in total. The van der Waals surface area contributed by atoms with Crippen molar-refractivity contribution in [3.63, 3.8) is 0 Å². The van der Waals surface area contributed by atoms with E-state index in [-0.39, 0.29) is 0 Å². The number of halogens is 2. The van der Waals surface area contributed by atoms with Crippen LogP contribution < -0.4 is 0 Å². The quantitative estimate of drug-likeness (QED) is 0.747. The van der Waals surface area contributed by atoms with Gasteiger partial charge in [-0.2, -0.15) is 0 Å². The molecular weight excluding hydrogens is 224 g/mol. The summed E-state index contributed by atoms with van der Waals surface area (Å²) < 4.78 is 30.5. The molecule has 0 bridgehead atoms. The van der Waals surface area contributed by atoms with Gasteiger partial charge < -0.3 is 9.84 Å². The number of nitrogens with zero attached hydrogens (tertiary/aromatic N) is 1. The van der Waals surface area contributed by atoms with Crippen LogP contribution in [-0.2, 0) is 9.53 Å². The first kappa shape index (κ1) is 12.7. The third-order valence-electron chi connectivity index (χ3n) is 1.95. The second-order valence-corrected chi connectivity index (χ2v) is 4.61. The third kappa shape index (κ3) is 2.40. The fourth-order valence-electron chi connectivity index (χ4n) is 1.32. The van der Waals surface area contributed by atoms with E-state index >= 15 is 0 Å². The molecule has 5 nitrogen and oxygen atoms in total. The first-order chi connectivity index (χ1) is 7.04. The molecule has 0 unspecified atom stereocenters. The zero-order valence-corrected chi connectivity index (χ0v) is 9.16. The molecule has 92 valence electrons. The molecule has 1 atom stereocenters. The van der Waals surface area contributed by atoms with E-state index in [0.29, 0.717) is 4.90 Å². The Bertz CT molecular complexity index is 324. The van der Waals surface area contributed by atoms with E-state index in [1.165, 1.54) is 0 Å². The Labute approximate surface area is 91.0 Å². The predicted octanol–water partition coefficient (Wildman–Crippen LogP) is 1.33. The topological polar surface area (TPSA) is 66.8 Å². The van der Waals surface area contributed by atoms with Crippen LogP contribution in [0.5, 0.6) is 0 Å². The molecule has 7 heteroatoms. The number of carboxylic acids is 1. The molecule has 0 spiro atoms. The Morgan fingerprint density at radius 3 is 2.25 bits per heavy atom. The molecule has 1 saturated heterocycles. The summed E-state index contributed by atoms with van der Waals surface area (Å²) in [7, 11) is 0. The van der Waals surface area contributed by atoms with E-state index < -0.39 is 36.2 Å². The molecule has 0 aromatic heterocycles. The average Bonchev–Trinajstić information content (AvgIpc) is 1.95. The Kier molecular flexibility index (Phi) is 2.82. The van der Waals surface area contributed by atoms with Gasteiger partial charge in [0.25, 0.3) is 5.92 Å². The fraction of sp³-hybridized carbons (Fsp3) is 0.778. The lowest BCUT2D eigenvalue weighted by molar-refractivity contribution is -0.196. The van der Waals surface area contributed by atoms with Crippen LogP contribution in [-0.4, -0.2) is 46.2 Å². The number of hydrogen-bond donors (Lipinski definition) is 1. The van der Waals surface area contributed by atoms with Crippen molar-refractivity contribution >= 4 is 12.1 Å². The maximum atomic E-state index is 12.9. The highest BCUT2D eigenvalue weighted by Crippen LogP contribution is 2.35. The van der Waals surface area contributed by atoms with Gasteiger partial charge in [0.05, 0.1) is 6.54 Å². The van der Waals surface area contributed by atoms with Gasteiger partial charge >= 0.3 is 12.1 Å². The average molecular weight is 237 g/mol. The Morgan fingerprint density at radius 2 is 1.94 bits per heavy atom. The van der Waals surface area contributed by atoms with Gasteiger partial charge in [0, 0.05) is 0 Å². The molecule has 16 heavy (non-hydrogen) atoms. The lowest BCUT2D eigenvalue weighted by atomic mass is 9.99. The number of aliphatic carboxylic acids is 1. The SMILES string of the molecule is CC(C)(C)OC(=O)N1CC(F)(F)[C@H]1C(=O)O. The fourth-order valence-corrected chi connectivity index (χ4v) is 1.32. The Balaban J connectivity index is 2.70. The standard InChI is InChI=1S/C9H13F2NO4/c1-8(2,3)16-7(15)12-4-9(10,11)5(12)6(13)14/h5H,4H2,1-3H3,(H,13,14)/t5-/m1/s1. The second-order valence-electron chi connectivity index (χ2n) is 4.61. The number of likely N-dealkylation sites (tertiary alicyclic amines) is 1. The molecule has 0 aromatic rings. The minimum absolute atomic E-state index is 0.508. The van der Waals surface area contributed by atoms with Crippen LogP contribution in [0.1, 0.15) is 20.8 Å². The smallest absolute Gasteiger partial charge is 0.411 e. The van der Waals surface area contributed by atoms with Crippen LogP contribution in [0.4, 0.5) is 13.6 Å². The minimum Gasteiger partial charge on any atom is -0.480 e. The van der Waals surface area contributed by atoms with Crippen molar-refractivity contribution in [1.29, 1.82) is 0 Å². The van der Waals surface area contributed by atoms with Gasteiger partial charge in [0.1, 0.15) is 5.60 Å². The van der Waals surface area contributed by atoms with E-state index in [4.69, 9.17) is 9.84 Å². The van der Waals surface area contributed by atoms with Crippen molar-refractivity contribution < 1.29 is 28.2 Å². The summed E-state index contributed by atoms with van der Waals surface area (Å²) in [6, 6.07) is -2.12. The molecule has 0 aromatic carbocycles. The normalized spacial score (nSPS) is 23.6. The number of ether oxygens (including phenoxy) is 1. The highest BCUT2D eigenvalue weighted by molar-refractivity contribution is 5.83. The Hall–Kier alpha value is -1.40. The summed E-state index contributed by atoms with van der Waals surface area (Å²) in [6.45, 7) is 3.79. The predicted molar refractivity (Wildman–Crippen MR) is 49.3 cm³/mol. The molecule has 0 aliphatic carbocycles. The van der Waals surface area contributed by atoms with Crippen LogP contribution in [0.15, 0.2) is 0 Å². The molecule has 1 aliphatic rings. The molecular formula is C9H13F2NO4. The number of hydrogen-bond acceptors (Lipinski definition) is 3. The van der Waals surface area contributed by atoms with Crippen LogP contribution in [0.25, 0.3) is 0 Å². The summed E-state index contributed by atoms with van der Waals surface area (Å²) in [5.41, 5.74) is -0.842. The molecule has 0 saturated carbocycles. The van der Waals surface area contributed by atoms with Crippen LogP contribution >= 0.6 is 0 Å². The van der Waals surface area contributed by atoms with Gasteiger partial charge in [0.2, 0.25) is 0 Å². The van der Waals surface area contributed by atoms with E-state index in [9.17, 15) is 18.4 Å². The maximum absolute atomic E-state index is 12.9. The monoisotopic (exact) mass is 237 g/mol. The molecule has 0 radical (unpaired) electrons. The van der Waals surface area contributed by atoms with Crippen molar-refractivity contribution in [2.24, 2.45) is 0 Å². The lowest BCUT2D eigenvalue weighted by Crippen LogP contribution is -2.70. The zero-order chi connectivity index (χ0) is 12.7. The number of rotatable bonds is 1. The summed E-state index contributed by atoms with van der Waals surface area (Å²) in [4.78, 5) is 22.4. The van der Waals surface area contributed by atoms with Crippen molar-refractivity contribution in [1.82, 2.24) is 4.90 Å². The highest BCUT2D eigenvalue weighted by atomic mass is 19.3. The molecule has 1 rings (SSSR count). The van der Waals surface area contributed by atoms with Crippen molar-refractivity contribution in [3.05, 3.63) is 0 Å². The van der Waals surface area contributed by atoms with Gasteiger partial charge in [-0.1, -0.05) is 0 Å². The van der Waals surface area contributed by atoms with E-state index in [0.717, 1.165) is 0 Å².